The summed E-state index contributed by atoms with van der Waals surface area (Å²) in [4.78, 5) is 16.1. The second-order valence-corrected chi connectivity index (χ2v) is 5.72. The van der Waals surface area contributed by atoms with Crippen molar-refractivity contribution in [3.63, 3.8) is 0 Å². The second kappa shape index (κ2) is 7.48. The van der Waals surface area contributed by atoms with Crippen molar-refractivity contribution >= 4 is 17.2 Å². The van der Waals surface area contributed by atoms with Crippen LogP contribution < -0.4 is 10.6 Å². The lowest BCUT2D eigenvalue weighted by Gasteiger charge is -2.12. The van der Waals surface area contributed by atoms with Crippen LogP contribution in [0.5, 0.6) is 0 Å². The zero-order chi connectivity index (χ0) is 13.5. The van der Waals surface area contributed by atoms with Crippen molar-refractivity contribution in [2.75, 3.05) is 6.54 Å². The fourth-order valence-corrected chi connectivity index (χ4v) is 2.39. The molecule has 0 aliphatic rings. The third-order valence-corrected chi connectivity index (χ3v) is 3.66. The minimum atomic E-state index is 0.00857. The van der Waals surface area contributed by atoms with Gasteiger partial charge in [-0.3, -0.25) is 4.79 Å². The highest BCUT2D eigenvalue weighted by Crippen LogP contribution is 2.17. The lowest BCUT2D eigenvalue weighted by Crippen LogP contribution is -2.28. The maximum absolute atomic E-state index is 11.7. The molecule has 0 fully saturated rings. The van der Waals surface area contributed by atoms with Gasteiger partial charge < -0.3 is 10.6 Å². The maximum Gasteiger partial charge on any atom is 0.220 e. The number of aromatic nitrogens is 1. The fraction of sp³-hybridized carbons (Fsp3) is 0.692. The lowest BCUT2D eigenvalue weighted by molar-refractivity contribution is -0.121. The van der Waals surface area contributed by atoms with Crippen LogP contribution in [0.15, 0.2) is 5.38 Å². The van der Waals surface area contributed by atoms with Crippen LogP contribution in [0.3, 0.4) is 0 Å². The Kier molecular flexibility index (Phi) is 6.29. The summed E-state index contributed by atoms with van der Waals surface area (Å²) in [6, 6.07) is 0.486. The molecule has 0 saturated carbocycles. The van der Waals surface area contributed by atoms with Gasteiger partial charge in [0.2, 0.25) is 5.91 Å². The van der Waals surface area contributed by atoms with E-state index >= 15 is 0 Å². The molecule has 0 saturated heterocycles. The van der Waals surface area contributed by atoms with E-state index in [1.165, 1.54) is 0 Å². The van der Waals surface area contributed by atoms with Crippen LogP contribution in [-0.4, -0.2) is 23.5 Å². The molecule has 0 bridgehead atoms. The number of hydrogen-bond donors (Lipinski definition) is 2. The molecule has 102 valence electrons. The van der Waals surface area contributed by atoms with Gasteiger partial charge in [0.05, 0.1) is 6.04 Å². The van der Waals surface area contributed by atoms with E-state index in [1.807, 2.05) is 19.2 Å². The molecule has 18 heavy (non-hydrogen) atoms. The molecule has 1 unspecified atom stereocenters. The SMILES string of the molecule is Cc1csc(C(C)NC(=O)CCCNC(C)C)n1. The number of nitrogens with one attached hydrogen (secondary N) is 2. The third kappa shape index (κ3) is 5.60. The van der Waals surface area contributed by atoms with E-state index in [0.29, 0.717) is 12.5 Å². The van der Waals surface area contributed by atoms with Crippen LogP contribution in [0.4, 0.5) is 0 Å². The first kappa shape index (κ1) is 15.1. The Morgan fingerprint density at radius 3 is 2.72 bits per heavy atom. The van der Waals surface area contributed by atoms with Gasteiger partial charge in [0.1, 0.15) is 5.01 Å². The summed E-state index contributed by atoms with van der Waals surface area (Å²) >= 11 is 1.59. The Labute approximate surface area is 113 Å². The summed E-state index contributed by atoms with van der Waals surface area (Å²) in [6.45, 7) is 9.03. The number of rotatable bonds is 7. The lowest BCUT2D eigenvalue weighted by atomic mass is 10.2. The van der Waals surface area contributed by atoms with Gasteiger partial charge in [-0.1, -0.05) is 13.8 Å². The van der Waals surface area contributed by atoms with E-state index in [4.69, 9.17) is 0 Å². The zero-order valence-electron chi connectivity index (χ0n) is 11.6. The first-order chi connectivity index (χ1) is 8.49. The monoisotopic (exact) mass is 269 g/mol. The van der Waals surface area contributed by atoms with Crippen LogP contribution in [0, 0.1) is 6.92 Å². The van der Waals surface area contributed by atoms with Gasteiger partial charge in [0, 0.05) is 23.5 Å². The first-order valence-corrected chi connectivity index (χ1v) is 7.31. The van der Waals surface area contributed by atoms with E-state index in [2.05, 4.69) is 29.5 Å². The topological polar surface area (TPSA) is 54.0 Å². The van der Waals surface area contributed by atoms with Crippen LogP contribution in [-0.2, 0) is 4.79 Å². The largest absolute Gasteiger partial charge is 0.347 e. The molecular weight excluding hydrogens is 246 g/mol. The Morgan fingerprint density at radius 2 is 2.17 bits per heavy atom. The minimum absolute atomic E-state index is 0.00857. The van der Waals surface area contributed by atoms with Gasteiger partial charge in [-0.05, 0) is 26.8 Å². The third-order valence-electron chi connectivity index (χ3n) is 2.52. The van der Waals surface area contributed by atoms with Crippen molar-refractivity contribution < 1.29 is 4.79 Å². The quantitative estimate of drug-likeness (QED) is 0.747. The van der Waals surface area contributed by atoms with Crippen molar-refractivity contribution in [2.24, 2.45) is 0 Å². The maximum atomic E-state index is 11.7. The standard InChI is InChI=1S/C13H23N3OS/c1-9(2)14-7-5-6-12(17)16-11(4)13-15-10(3)8-18-13/h8-9,11,14H,5-7H2,1-4H3,(H,16,17). The zero-order valence-corrected chi connectivity index (χ0v) is 12.4. The van der Waals surface area contributed by atoms with Gasteiger partial charge in [-0.25, -0.2) is 4.98 Å². The van der Waals surface area contributed by atoms with Crippen molar-refractivity contribution in [3.8, 4) is 0 Å². The average Bonchev–Trinajstić information content (AvgIpc) is 2.71. The first-order valence-electron chi connectivity index (χ1n) is 6.44. The van der Waals surface area contributed by atoms with Crippen LogP contribution in [0.25, 0.3) is 0 Å². The predicted octanol–water partition coefficient (Wildman–Crippen LogP) is 2.41. The molecule has 1 aromatic rings. The summed E-state index contributed by atoms with van der Waals surface area (Å²) in [5.41, 5.74) is 1.01. The van der Waals surface area contributed by atoms with Gasteiger partial charge >= 0.3 is 0 Å². The highest BCUT2D eigenvalue weighted by molar-refractivity contribution is 7.09. The van der Waals surface area contributed by atoms with E-state index in [9.17, 15) is 4.79 Å². The summed E-state index contributed by atoms with van der Waals surface area (Å²) < 4.78 is 0. The Balaban J connectivity index is 2.23. The van der Waals surface area contributed by atoms with E-state index in [-0.39, 0.29) is 11.9 Å². The van der Waals surface area contributed by atoms with E-state index in [0.717, 1.165) is 23.7 Å². The summed E-state index contributed by atoms with van der Waals surface area (Å²) in [5, 5.41) is 9.26. The molecule has 0 aliphatic heterocycles. The smallest absolute Gasteiger partial charge is 0.220 e. The molecule has 1 amide bonds. The fourth-order valence-electron chi connectivity index (χ4n) is 1.59. The Morgan fingerprint density at radius 1 is 1.44 bits per heavy atom. The summed E-state index contributed by atoms with van der Waals surface area (Å²) in [7, 11) is 0. The molecule has 1 heterocycles. The summed E-state index contributed by atoms with van der Waals surface area (Å²) in [6.07, 6.45) is 1.43. The number of amides is 1. The van der Waals surface area contributed by atoms with Gasteiger partial charge in [0.25, 0.3) is 0 Å². The Bertz CT molecular complexity index is 376. The van der Waals surface area contributed by atoms with E-state index in [1.54, 1.807) is 11.3 Å². The molecule has 1 aromatic heterocycles. The molecule has 0 radical (unpaired) electrons. The second-order valence-electron chi connectivity index (χ2n) is 4.83. The average molecular weight is 269 g/mol. The molecule has 0 aromatic carbocycles. The van der Waals surface area contributed by atoms with Gasteiger partial charge in [-0.15, -0.1) is 11.3 Å². The van der Waals surface area contributed by atoms with Crippen molar-refractivity contribution in [2.45, 2.75) is 52.6 Å². The molecule has 4 nitrogen and oxygen atoms in total. The predicted molar refractivity (Wildman–Crippen MR) is 75.8 cm³/mol. The van der Waals surface area contributed by atoms with Gasteiger partial charge in [0.15, 0.2) is 0 Å². The number of thiazole rings is 1. The van der Waals surface area contributed by atoms with Crippen molar-refractivity contribution in [1.29, 1.82) is 0 Å². The summed E-state index contributed by atoms with van der Waals surface area (Å²) in [5.74, 6) is 0.0981. The number of aryl methyl sites for hydroxylation is 1. The van der Waals surface area contributed by atoms with Crippen molar-refractivity contribution in [3.05, 3.63) is 16.1 Å². The highest BCUT2D eigenvalue weighted by atomic mass is 32.1. The molecule has 5 heteroatoms. The van der Waals surface area contributed by atoms with Crippen LogP contribution >= 0.6 is 11.3 Å². The van der Waals surface area contributed by atoms with Crippen molar-refractivity contribution in [1.82, 2.24) is 15.6 Å². The number of carbonyl (C=O) groups excluding carboxylic acids is 1. The van der Waals surface area contributed by atoms with E-state index < -0.39 is 0 Å². The number of nitrogens with zero attached hydrogens (tertiary/aromatic N) is 1. The molecule has 2 N–H and O–H groups in total. The van der Waals surface area contributed by atoms with Crippen LogP contribution in [0.2, 0.25) is 0 Å². The number of hydrogen-bond acceptors (Lipinski definition) is 4. The Hall–Kier alpha value is -0.940. The van der Waals surface area contributed by atoms with Gasteiger partial charge in [-0.2, -0.15) is 0 Å². The molecular formula is C13H23N3OS. The molecule has 1 atom stereocenters. The minimum Gasteiger partial charge on any atom is -0.347 e. The number of carbonyl (C=O) groups is 1. The highest BCUT2D eigenvalue weighted by Gasteiger charge is 2.12. The molecule has 0 spiro atoms. The normalized spacial score (nSPS) is 12.7. The molecule has 1 rings (SSSR count). The molecule has 0 aliphatic carbocycles. The van der Waals surface area contributed by atoms with Crippen LogP contribution in [0.1, 0.15) is 50.4 Å².